The van der Waals surface area contributed by atoms with E-state index in [9.17, 15) is 9.59 Å². The first-order chi connectivity index (χ1) is 11.5. The summed E-state index contributed by atoms with van der Waals surface area (Å²) >= 11 is 5.82. The molecule has 2 aromatic carbocycles. The van der Waals surface area contributed by atoms with Crippen molar-refractivity contribution in [2.24, 2.45) is 0 Å². The molecule has 0 aliphatic rings. The van der Waals surface area contributed by atoms with Crippen LogP contribution in [-0.4, -0.2) is 25.1 Å². The molecule has 2 aromatic rings. The number of hydrogen-bond donors (Lipinski definition) is 1. The van der Waals surface area contributed by atoms with E-state index in [-0.39, 0.29) is 19.6 Å². The number of esters is 1. The third-order valence-electron chi connectivity index (χ3n) is 3.13. The minimum atomic E-state index is -0.496. The fourth-order valence-corrected chi connectivity index (χ4v) is 2.13. The van der Waals surface area contributed by atoms with Crippen LogP contribution >= 0.6 is 11.6 Å². The van der Waals surface area contributed by atoms with Crippen molar-refractivity contribution < 1.29 is 19.1 Å². The van der Waals surface area contributed by atoms with Crippen LogP contribution in [0.2, 0.25) is 5.02 Å². The molecule has 1 amide bonds. The summed E-state index contributed by atoms with van der Waals surface area (Å²) in [4.78, 5) is 23.3. The molecule has 6 heteroatoms. The quantitative estimate of drug-likeness (QED) is 0.777. The first-order valence-corrected chi connectivity index (χ1v) is 7.82. The number of carbonyl (C=O) groups excluding carboxylic acids is 2. The number of anilines is 1. The van der Waals surface area contributed by atoms with Gasteiger partial charge < -0.3 is 14.8 Å². The molecule has 0 saturated heterocycles. The molecule has 0 saturated carbocycles. The third kappa shape index (κ3) is 5.93. The highest BCUT2D eigenvalue weighted by molar-refractivity contribution is 6.30. The van der Waals surface area contributed by atoms with Gasteiger partial charge >= 0.3 is 5.97 Å². The van der Waals surface area contributed by atoms with Gasteiger partial charge in [0.25, 0.3) is 5.91 Å². The van der Waals surface area contributed by atoms with Crippen molar-refractivity contribution in [1.29, 1.82) is 0 Å². The zero-order chi connectivity index (χ0) is 17.4. The number of carbonyl (C=O) groups is 2. The first-order valence-electron chi connectivity index (χ1n) is 7.44. The zero-order valence-corrected chi connectivity index (χ0v) is 14.0. The van der Waals surface area contributed by atoms with Gasteiger partial charge in [0.05, 0.1) is 13.0 Å². The predicted octanol–water partition coefficient (Wildman–Crippen LogP) is 3.60. The molecule has 0 atom stereocenters. The summed E-state index contributed by atoms with van der Waals surface area (Å²) < 4.78 is 10.4. The number of para-hydroxylation sites is 1. The Bertz CT molecular complexity index is 718. The van der Waals surface area contributed by atoms with Crippen molar-refractivity contribution in [3.8, 4) is 5.75 Å². The fraction of sp³-hybridized carbons (Fsp3) is 0.222. The number of amides is 1. The average molecular weight is 348 g/mol. The Morgan fingerprint density at radius 1 is 1.12 bits per heavy atom. The predicted molar refractivity (Wildman–Crippen MR) is 92.3 cm³/mol. The number of benzene rings is 2. The summed E-state index contributed by atoms with van der Waals surface area (Å²) in [7, 11) is 0. The maximum Gasteiger partial charge on any atom is 0.309 e. The van der Waals surface area contributed by atoms with Gasteiger partial charge in [-0.1, -0.05) is 35.9 Å². The molecule has 0 heterocycles. The Balaban J connectivity index is 1.67. The van der Waals surface area contributed by atoms with Gasteiger partial charge in [-0.05, 0) is 36.8 Å². The van der Waals surface area contributed by atoms with Gasteiger partial charge in [0.1, 0.15) is 5.75 Å². The molecular weight excluding hydrogens is 330 g/mol. The van der Waals surface area contributed by atoms with E-state index < -0.39 is 11.9 Å². The first kappa shape index (κ1) is 17.8. The largest absolute Gasteiger partial charge is 0.493 e. The summed E-state index contributed by atoms with van der Waals surface area (Å²) in [6.45, 7) is 1.77. The third-order valence-corrected chi connectivity index (χ3v) is 3.37. The summed E-state index contributed by atoms with van der Waals surface area (Å²) in [5.41, 5.74) is 1.54. The van der Waals surface area contributed by atoms with Crippen LogP contribution in [0.5, 0.6) is 5.75 Å². The second kappa shape index (κ2) is 8.93. The SMILES string of the molecule is Cc1ccccc1OCCC(=O)OCC(=O)Nc1cccc(Cl)c1. The van der Waals surface area contributed by atoms with Crippen molar-refractivity contribution >= 4 is 29.2 Å². The lowest BCUT2D eigenvalue weighted by atomic mass is 10.2. The van der Waals surface area contributed by atoms with Gasteiger partial charge in [-0.25, -0.2) is 0 Å². The van der Waals surface area contributed by atoms with Crippen molar-refractivity contribution in [3.05, 3.63) is 59.1 Å². The lowest BCUT2D eigenvalue weighted by molar-refractivity contribution is -0.147. The van der Waals surface area contributed by atoms with Crippen LogP contribution in [0, 0.1) is 6.92 Å². The lowest BCUT2D eigenvalue weighted by Crippen LogP contribution is -2.21. The molecule has 0 aliphatic heterocycles. The van der Waals surface area contributed by atoms with E-state index >= 15 is 0 Å². The summed E-state index contributed by atoms with van der Waals surface area (Å²) in [5.74, 6) is -0.195. The number of nitrogens with one attached hydrogen (secondary N) is 1. The molecule has 2 rings (SSSR count). The molecule has 0 radical (unpaired) electrons. The Morgan fingerprint density at radius 2 is 1.92 bits per heavy atom. The van der Waals surface area contributed by atoms with Gasteiger partial charge in [0.2, 0.25) is 0 Å². The van der Waals surface area contributed by atoms with E-state index in [0.717, 1.165) is 11.3 Å². The lowest BCUT2D eigenvalue weighted by Gasteiger charge is -2.09. The molecule has 126 valence electrons. The summed E-state index contributed by atoms with van der Waals surface area (Å²) in [6, 6.07) is 14.3. The Kier molecular flexibility index (Phi) is 6.63. The van der Waals surface area contributed by atoms with E-state index in [1.54, 1.807) is 24.3 Å². The van der Waals surface area contributed by atoms with Crippen LogP contribution < -0.4 is 10.1 Å². The van der Waals surface area contributed by atoms with Gasteiger partial charge in [-0.15, -0.1) is 0 Å². The van der Waals surface area contributed by atoms with Gasteiger partial charge in [0.15, 0.2) is 6.61 Å². The standard InChI is InChI=1S/C18H18ClNO4/c1-13-5-2-3-8-16(13)23-10-9-18(22)24-12-17(21)20-15-7-4-6-14(19)11-15/h2-8,11H,9-10,12H2,1H3,(H,20,21). The fourth-order valence-electron chi connectivity index (χ4n) is 1.94. The summed E-state index contributed by atoms with van der Waals surface area (Å²) in [5, 5.41) is 3.11. The topological polar surface area (TPSA) is 64.6 Å². The summed E-state index contributed by atoms with van der Waals surface area (Å²) in [6.07, 6.45) is 0.0682. The molecule has 24 heavy (non-hydrogen) atoms. The van der Waals surface area contributed by atoms with Crippen LogP contribution in [0.4, 0.5) is 5.69 Å². The van der Waals surface area contributed by atoms with E-state index in [0.29, 0.717) is 10.7 Å². The van der Waals surface area contributed by atoms with Gasteiger partial charge in [0, 0.05) is 10.7 Å². The monoisotopic (exact) mass is 347 g/mol. The highest BCUT2D eigenvalue weighted by atomic mass is 35.5. The smallest absolute Gasteiger partial charge is 0.309 e. The number of aryl methyl sites for hydroxylation is 1. The minimum Gasteiger partial charge on any atom is -0.493 e. The van der Waals surface area contributed by atoms with Crippen molar-refractivity contribution in [2.75, 3.05) is 18.5 Å². The number of rotatable bonds is 7. The van der Waals surface area contributed by atoms with Crippen LogP contribution in [0.15, 0.2) is 48.5 Å². The minimum absolute atomic E-state index is 0.0682. The molecule has 0 aliphatic carbocycles. The van der Waals surface area contributed by atoms with Crippen LogP contribution in [-0.2, 0) is 14.3 Å². The van der Waals surface area contributed by atoms with Crippen molar-refractivity contribution in [2.45, 2.75) is 13.3 Å². The normalized spacial score (nSPS) is 10.1. The van der Waals surface area contributed by atoms with E-state index in [2.05, 4.69) is 5.32 Å². The second-order valence-electron chi connectivity index (χ2n) is 5.08. The van der Waals surface area contributed by atoms with E-state index in [1.165, 1.54) is 0 Å². The van der Waals surface area contributed by atoms with Gasteiger partial charge in [-0.3, -0.25) is 9.59 Å². The molecule has 0 unspecified atom stereocenters. The Labute approximate surface area is 145 Å². The number of halogens is 1. The number of hydrogen-bond acceptors (Lipinski definition) is 4. The zero-order valence-electron chi connectivity index (χ0n) is 13.3. The van der Waals surface area contributed by atoms with E-state index in [1.807, 2.05) is 31.2 Å². The highest BCUT2D eigenvalue weighted by Crippen LogP contribution is 2.16. The van der Waals surface area contributed by atoms with Gasteiger partial charge in [-0.2, -0.15) is 0 Å². The Hall–Kier alpha value is -2.53. The molecule has 0 bridgehead atoms. The van der Waals surface area contributed by atoms with Crippen LogP contribution in [0.25, 0.3) is 0 Å². The molecule has 0 fully saturated rings. The second-order valence-corrected chi connectivity index (χ2v) is 5.52. The van der Waals surface area contributed by atoms with Crippen LogP contribution in [0.1, 0.15) is 12.0 Å². The molecular formula is C18H18ClNO4. The maximum atomic E-state index is 11.7. The molecule has 5 nitrogen and oxygen atoms in total. The maximum absolute atomic E-state index is 11.7. The number of ether oxygens (including phenoxy) is 2. The highest BCUT2D eigenvalue weighted by Gasteiger charge is 2.09. The molecule has 0 spiro atoms. The molecule has 0 aromatic heterocycles. The van der Waals surface area contributed by atoms with E-state index in [4.69, 9.17) is 21.1 Å². The molecule has 1 N–H and O–H groups in total. The van der Waals surface area contributed by atoms with Crippen molar-refractivity contribution in [1.82, 2.24) is 0 Å². The van der Waals surface area contributed by atoms with Crippen LogP contribution in [0.3, 0.4) is 0 Å². The Morgan fingerprint density at radius 3 is 2.67 bits per heavy atom. The average Bonchev–Trinajstić information content (AvgIpc) is 2.55. The van der Waals surface area contributed by atoms with Crippen molar-refractivity contribution in [3.63, 3.8) is 0 Å².